The molecule has 2 heterocycles. The van der Waals surface area contributed by atoms with E-state index < -0.39 is 11.7 Å². The number of carbonyl (C=O) groups is 2. The van der Waals surface area contributed by atoms with Gasteiger partial charge in [0.25, 0.3) is 0 Å². The van der Waals surface area contributed by atoms with Crippen LogP contribution in [-0.2, 0) is 9.59 Å². The van der Waals surface area contributed by atoms with Crippen LogP contribution in [0.15, 0.2) is 60.8 Å². The normalized spacial score (nSPS) is 15.8. The Bertz CT molecular complexity index is 1160. The SMILES string of the molecule is O=C(Nc1ccccc1Oc1ncc(Cl)cc1Cl)C1CC(=O)N(c2ccccc2F)C1. The van der Waals surface area contributed by atoms with Gasteiger partial charge in [-0.3, -0.25) is 9.59 Å². The van der Waals surface area contributed by atoms with Crippen LogP contribution in [0.25, 0.3) is 0 Å². The number of para-hydroxylation sites is 3. The summed E-state index contributed by atoms with van der Waals surface area (Å²) in [5, 5.41) is 3.36. The molecule has 6 nitrogen and oxygen atoms in total. The van der Waals surface area contributed by atoms with Crippen LogP contribution in [0.2, 0.25) is 10.0 Å². The van der Waals surface area contributed by atoms with E-state index in [1.54, 1.807) is 36.4 Å². The van der Waals surface area contributed by atoms with Gasteiger partial charge in [0.1, 0.15) is 10.8 Å². The molecule has 1 atom stereocenters. The zero-order valence-corrected chi connectivity index (χ0v) is 17.5. The van der Waals surface area contributed by atoms with Crippen LogP contribution in [0.4, 0.5) is 15.8 Å². The number of benzene rings is 2. The van der Waals surface area contributed by atoms with E-state index in [4.69, 9.17) is 27.9 Å². The molecular formula is C22H16Cl2FN3O3. The first-order valence-electron chi connectivity index (χ1n) is 9.36. The third-order valence-corrected chi connectivity index (χ3v) is 5.24. The Morgan fingerprint density at radius 1 is 1.16 bits per heavy atom. The van der Waals surface area contributed by atoms with Crippen LogP contribution in [0.3, 0.4) is 0 Å². The van der Waals surface area contributed by atoms with Crippen molar-refractivity contribution in [3.05, 3.63) is 76.7 Å². The molecular weight excluding hydrogens is 444 g/mol. The molecule has 1 aliphatic heterocycles. The van der Waals surface area contributed by atoms with Crippen molar-refractivity contribution in [2.45, 2.75) is 6.42 Å². The second-order valence-electron chi connectivity index (χ2n) is 6.88. The number of pyridine rings is 1. The monoisotopic (exact) mass is 459 g/mol. The summed E-state index contributed by atoms with van der Waals surface area (Å²) >= 11 is 12.0. The highest BCUT2D eigenvalue weighted by Crippen LogP contribution is 2.34. The minimum absolute atomic E-state index is 0.0201. The molecule has 0 spiro atoms. The van der Waals surface area contributed by atoms with E-state index in [2.05, 4.69) is 10.3 Å². The zero-order chi connectivity index (χ0) is 22.0. The van der Waals surface area contributed by atoms with Gasteiger partial charge in [-0.15, -0.1) is 0 Å². The second kappa shape index (κ2) is 8.91. The van der Waals surface area contributed by atoms with Gasteiger partial charge in [0.15, 0.2) is 5.75 Å². The molecule has 0 saturated carbocycles. The molecule has 4 rings (SSSR count). The molecule has 158 valence electrons. The number of nitrogens with one attached hydrogen (secondary N) is 1. The summed E-state index contributed by atoms with van der Waals surface area (Å²) in [5.41, 5.74) is 0.548. The largest absolute Gasteiger partial charge is 0.435 e. The lowest BCUT2D eigenvalue weighted by molar-refractivity contribution is -0.122. The molecule has 1 unspecified atom stereocenters. The van der Waals surface area contributed by atoms with Gasteiger partial charge in [-0.1, -0.05) is 47.5 Å². The number of hydrogen-bond donors (Lipinski definition) is 1. The quantitative estimate of drug-likeness (QED) is 0.560. The zero-order valence-electron chi connectivity index (χ0n) is 16.0. The van der Waals surface area contributed by atoms with Gasteiger partial charge in [0, 0.05) is 19.2 Å². The van der Waals surface area contributed by atoms with Gasteiger partial charge >= 0.3 is 0 Å². The van der Waals surface area contributed by atoms with Crippen molar-refractivity contribution >= 4 is 46.4 Å². The molecule has 2 amide bonds. The van der Waals surface area contributed by atoms with Gasteiger partial charge in [0.05, 0.1) is 22.3 Å². The lowest BCUT2D eigenvalue weighted by Crippen LogP contribution is -2.28. The number of rotatable bonds is 5. The van der Waals surface area contributed by atoms with Crippen LogP contribution >= 0.6 is 23.2 Å². The number of halogens is 3. The standard InChI is InChI=1S/C22H16Cl2FN3O3/c23-14-10-15(24)22(26-11-14)31-19-8-4-2-6-17(19)27-21(30)13-9-20(29)28(12-13)18-7-3-1-5-16(18)25/h1-8,10-11,13H,9,12H2,(H,27,30). The molecule has 9 heteroatoms. The molecule has 1 aliphatic rings. The summed E-state index contributed by atoms with van der Waals surface area (Å²) in [6, 6.07) is 14.2. The van der Waals surface area contributed by atoms with Gasteiger partial charge in [-0.25, -0.2) is 9.37 Å². The fourth-order valence-electron chi connectivity index (χ4n) is 3.26. The Hall–Kier alpha value is -3.16. The smallest absolute Gasteiger partial charge is 0.238 e. The predicted octanol–water partition coefficient (Wildman–Crippen LogP) is 5.31. The molecule has 31 heavy (non-hydrogen) atoms. The number of aromatic nitrogens is 1. The van der Waals surface area contributed by atoms with Crippen LogP contribution in [-0.4, -0.2) is 23.3 Å². The molecule has 1 saturated heterocycles. The molecule has 0 bridgehead atoms. The fourth-order valence-corrected chi connectivity index (χ4v) is 3.68. The van der Waals surface area contributed by atoms with Crippen LogP contribution < -0.4 is 15.0 Å². The van der Waals surface area contributed by atoms with Crippen molar-refractivity contribution in [3.8, 4) is 11.6 Å². The summed E-state index contributed by atoms with van der Waals surface area (Å²) < 4.78 is 19.8. The van der Waals surface area contributed by atoms with E-state index in [1.807, 2.05) is 0 Å². The Labute approximate surface area is 187 Å². The van der Waals surface area contributed by atoms with Crippen LogP contribution in [0.1, 0.15) is 6.42 Å². The number of ether oxygens (including phenoxy) is 1. The Kier molecular flexibility index (Phi) is 6.06. The van der Waals surface area contributed by atoms with E-state index in [0.29, 0.717) is 16.5 Å². The molecule has 0 aliphatic carbocycles. The first-order chi connectivity index (χ1) is 14.9. The number of amides is 2. The summed E-state index contributed by atoms with van der Waals surface area (Å²) in [7, 11) is 0. The van der Waals surface area contributed by atoms with Crippen LogP contribution in [0.5, 0.6) is 11.6 Å². The van der Waals surface area contributed by atoms with E-state index in [9.17, 15) is 14.0 Å². The average molecular weight is 460 g/mol. The van der Waals surface area contributed by atoms with Crippen molar-refractivity contribution in [2.75, 3.05) is 16.8 Å². The second-order valence-corrected chi connectivity index (χ2v) is 7.73. The van der Waals surface area contributed by atoms with E-state index in [-0.39, 0.29) is 41.4 Å². The highest BCUT2D eigenvalue weighted by molar-refractivity contribution is 6.35. The maximum Gasteiger partial charge on any atom is 0.238 e. The average Bonchev–Trinajstić information content (AvgIpc) is 3.13. The fraction of sp³-hybridized carbons (Fsp3) is 0.136. The van der Waals surface area contributed by atoms with Gasteiger partial charge in [-0.2, -0.15) is 0 Å². The third kappa shape index (κ3) is 4.62. The highest BCUT2D eigenvalue weighted by Gasteiger charge is 2.36. The van der Waals surface area contributed by atoms with E-state index in [1.165, 1.54) is 29.3 Å². The third-order valence-electron chi connectivity index (χ3n) is 4.76. The number of anilines is 2. The highest BCUT2D eigenvalue weighted by atomic mass is 35.5. The first kappa shape index (κ1) is 21.1. The summed E-state index contributed by atoms with van der Waals surface area (Å²) in [6.45, 7) is 0.0825. The maximum atomic E-state index is 14.1. The van der Waals surface area contributed by atoms with E-state index in [0.717, 1.165) is 0 Å². The Morgan fingerprint density at radius 2 is 1.90 bits per heavy atom. The Morgan fingerprint density at radius 3 is 2.68 bits per heavy atom. The minimum atomic E-state index is -0.641. The lowest BCUT2D eigenvalue weighted by atomic mass is 10.1. The molecule has 0 radical (unpaired) electrons. The topological polar surface area (TPSA) is 71.5 Å². The van der Waals surface area contributed by atoms with Gasteiger partial charge < -0.3 is 15.0 Å². The molecule has 1 N–H and O–H groups in total. The predicted molar refractivity (Wildman–Crippen MR) is 116 cm³/mol. The molecule has 3 aromatic rings. The van der Waals surface area contributed by atoms with Gasteiger partial charge in [-0.05, 0) is 30.3 Å². The minimum Gasteiger partial charge on any atom is -0.435 e. The van der Waals surface area contributed by atoms with Crippen molar-refractivity contribution in [2.24, 2.45) is 5.92 Å². The van der Waals surface area contributed by atoms with E-state index >= 15 is 0 Å². The summed E-state index contributed by atoms with van der Waals surface area (Å²) in [4.78, 5) is 30.6. The number of carbonyl (C=O) groups excluding carboxylic acids is 2. The molecule has 1 aromatic heterocycles. The van der Waals surface area contributed by atoms with Crippen molar-refractivity contribution < 1.29 is 18.7 Å². The Balaban J connectivity index is 1.49. The van der Waals surface area contributed by atoms with Crippen molar-refractivity contribution in [1.29, 1.82) is 0 Å². The number of hydrogen-bond acceptors (Lipinski definition) is 4. The van der Waals surface area contributed by atoms with Crippen molar-refractivity contribution in [3.63, 3.8) is 0 Å². The number of nitrogens with zero attached hydrogens (tertiary/aromatic N) is 2. The lowest BCUT2D eigenvalue weighted by Gasteiger charge is -2.18. The van der Waals surface area contributed by atoms with Crippen LogP contribution in [0, 0.1) is 11.7 Å². The summed E-state index contributed by atoms with van der Waals surface area (Å²) in [5.74, 6) is -1.39. The van der Waals surface area contributed by atoms with Gasteiger partial charge in [0.2, 0.25) is 17.7 Å². The van der Waals surface area contributed by atoms with Crippen molar-refractivity contribution in [1.82, 2.24) is 4.98 Å². The first-order valence-corrected chi connectivity index (χ1v) is 10.1. The molecule has 1 fully saturated rings. The maximum absolute atomic E-state index is 14.1. The molecule has 2 aromatic carbocycles. The summed E-state index contributed by atoms with van der Waals surface area (Å²) in [6.07, 6.45) is 1.37.